The van der Waals surface area contributed by atoms with Crippen LogP contribution in [0.1, 0.15) is 17.2 Å². The molecule has 0 aliphatic heterocycles. The van der Waals surface area contributed by atoms with Crippen LogP contribution in [0.4, 0.5) is 18.9 Å². The summed E-state index contributed by atoms with van der Waals surface area (Å²) >= 11 is 0. The number of para-hydroxylation sites is 2. The molecule has 1 atom stereocenters. The first-order chi connectivity index (χ1) is 13.3. The number of benzene rings is 2. The minimum atomic E-state index is -4.66. The summed E-state index contributed by atoms with van der Waals surface area (Å²) in [7, 11) is 2.90. The van der Waals surface area contributed by atoms with Crippen LogP contribution in [0.5, 0.6) is 5.75 Å². The Morgan fingerprint density at radius 1 is 1.00 bits per heavy atom. The highest BCUT2D eigenvalue weighted by Crippen LogP contribution is 2.34. The Bertz CT molecular complexity index is 840. The largest absolute Gasteiger partial charge is 0.496 e. The van der Waals surface area contributed by atoms with Crippen molar-refractivity contribution < 1.29 is 32.2 Å². The molecule has 6 nitrogen and oxygen atoms in total. The predicted octanol–water partition coefficient (Wildman–Crippen LogP) is 3.16. The van der Waals surface area contributed by atoms with E-state index in [0.29, 0.717) is 11.3 Å². The number of rotatable bonds is 6. The van der Waals surface area contributed by atoms with Crippen molar-refractivity contribution in [2.45, 2.75) is 12.3 Å². The summed E-state index contributed by atoms with van der Waals surface area (Å²) in [6, 6.07) is 11.4. The van der Waals surface area contributed by atoms with E-state index < -0.39 is 35.3 Å². The van der Waals surface area contributed by atoms with Crippen LogP contribution < -0.4 is 15.4 Å². The lowest BCUT2D eigenvalue weighted by Crippen LogP contribution is -2.38. The van der Waals surface area contributed by atoms with Gasteiger partial charge in [-0.15, -0.1) is 0 Å². The molecule has 0 bridgehead atoms. The van der Waals surface area contributed by atoms with Crippen molar-refractivity contribution in [3.05, 3.63) is 59.7 Å². The van der Waals surface area contributed by atoms with Crippen LogP contribution in [0.3, 0.4) is 0 Å². The first kappa shape index (κ1) is 21.2. The second kappa shape index (κ2) is 9.23. The van der Waals surface area contributed by atoms with Gasteiger partial charge < -0.3 is 20.1 Å². The van der Waals surface area contributed by atoms with Crippen molar-refractivity contribution in [1.82, 2.24) is 5.32 Å². The van der Waals surface area contributed by atoms with E-state index in [-0.39, 0.29) is 6.54 Å². The molecule has 2 rings (SSSR count). The second-order valence-corrected chi connectivity index (χ2v) is 5.67. The maximum Gasteiger partial charge on any atom is 0.418 e. The molecule has 0 fully saturated rings. The number of ether oxygens (including phenoxy) is 2. The Labute approximate surface area is 159 Å². The standard InChI is InChI=1S/C19H19F3N2O4/c1-27-15-10-6-3-7-12(15)16(28-2)11-23-17(25)18(26)24-14-9-5-4-8-13(14)19(20,21)22/h3-10,16H,11H2,1-2H3,(H,23,25)(H,24,26). The van der Waals surface area contributed by atoms with E-state index in [4.69, 9.17) is 9.47 Å². The fourth-order valence-corrected chi connectivity index (χ4v) is 2.54. The number of alkyl halides is 3. The van der Waals surface area contributed by atoms with Crippen molar-refractivity contribution in [1.29, 1.82) is 0 Å². The molecule has 28 heavy (non-hydrogen) atoms. The van der Waals surface area contributed by atoms with Crippen LogP contribution in [-0.2, 0) is 20.5 Å². The average molecular weight is 396 g/mol. The highest BCUT2D eigenvalue weighted by Gasteiger charge is 2.34. The van der Waals surface area contributed by atoms with Gasteiger partial charge in [-0.3, -0.25) is 9.59 Å². The number of hydrogen-bond donors (Lipinski definition) is 2. The van der Waals surface area contributed by atoms with Gasteiger partial charge in [0.2, 0.25) is 0 Å². The zero-order valence-corrected chi connectivity index (χ0v) is 15.2. The lowest BCUT2D eigenvalue weighted by molar-refractivity contribution is -0.138. The van der Waals surface area contributed by atoms with E-state index >= 15 is 0 Å². The third-order valence-electron chi connectivity index (χ3n) is 3.91. The van der Waals surface area contributed by atoms with Gasteiger partial charge in [0.1, 0.15) is 11.9 Å². The summed E-state index contributed by atoms with van der Waals surface area (Å²) in [6.07, 6.45) is -5.28. The van der Waals surface area contributed by atoms with Gasteiger partial charge in [-0.2, -0.15) is 13.2 Å². The van der Waals surface area contributed by atoms with E-state index in [0.717, 1.165) is 12.1 Å². The molecule has 0 saturated carbocycles. The number of carbonyl (C=O) groups is 2. The van der Waals surface area contributed by atoms with E-state index in [9.17, 15) is 22.8 Å². The zero-order chi connectivity index (χ0) is 20.7. The fraction of sp³-hybridized carbons (Fsp3) is 0.263. The highest BCUT2D eigenvalue weighted by molar-refractivity contribution is 6.39. The molecule has 2 aromatic rings. The molecular formula is C19H19F3N2O4. The molecule has 150 valence electrons. The summed E-state index contributed by atoms with van der Waals surface area (Å²) in [5, 5.41) is 4.33. The van der Waals surface area contributed by atoms with Gasteiger partial charge in [-0.1, -0.05) is 30.3 Å². The first-order valence-electron chi connectivity index (χ1n) is 8.19. The maximum atomic E-state index is 13.0. The summed E-state index contributed by atoms with van der Waals surface area (Å²) in [5.41, 5.74) is -0.890. The van der Waals surface area contributed by atoms with Crippen LogP contribution in [0.25, 0.3) is 0 Å². The van der Waals surface area contributed by atoms with E-state index in [1.54, 1.807) is 24.3 Å². The number of nitrogens with one attached hydrogen (secondary N) is 2. The molecule has 0 aromatic heterocycles. The minimum absolute atomic E-state index is 0.0793. The zero-order valence-electron chi connectivity index (χ0n) is 15.2. The van der Waals surface area contributed by atoms with Crippen LogP contribution in [-0.4, -0.2) is 32.6 Å². The summed E-state index contributed by atoms with van der Waals surface area (Å²) < 4.78 is 49.5. The molecule has 1 unspecified atom stereocenters. The van der Waals surface area contributed by atoms with Crippen molar-refractivity contribution in [2.75, 3.05) is 26.1 Å². The van der Waals surface area contributed by atoms with Crippen molar-refractivity contribution in [3.8, 4) is 5.75 Å². The molecule has 9 heteroatoms. The third-order valence-corrected chi connectivity index (χ3v) is 3.91. The Hall–Kier alpha value is -3.07. The van der Waals surface area contributed by atoms with Crippen molar-refractivity contribution >= 4 is 17.5 Å². The van der Waals surface area contributed by atoms with Crippen LogP contribution in [0.2, 0.25) is 0 Å². The number of hydrogen-bond acceptors (Lipinski definition) is 4. The molecule has 0 saturated heterocycles. The van der Waals surface area contributed by atoms with Crippen molar-refractivity contribution in [3.63, 3.8) is 0 Å². The lowest BCUT2D eigenvalue weighted by Gasteiger charge is -2.19. The quantitative estimate of drug-likeness (QED) is 0.736. The van der Waals surface area contributed by atoms with Gasteiger partial charge in [0.25, 0.3) is 0 Å². The van der Waals surface area contributed by atoms with Gasteiger partial charge >= 0.3 is 18.0 Å². The second-order valence-electron chi connectivity index (χ2n) is 5.67. The molecular weight excluding hydrogens is 377 g/mol. The number of methoxy groups -OCH3 is 2. The molecule has 2 amide bonds. The monoisotopic (exact) mass is 396 g/mol. The molecule has 0 aliphatic rings. The summed E-state index contributed by atoms with van der Waals surface area (Å²) in [4.78, 5) is 24.0. The van der Waals surface area contributed by atoms with Gasteiger partial charge in [0.15, 0.2) is 0 Å². The Balaban J connectivity index is 2.04. The maximum absolute atomic E-state index is 13.0. The Kier molecular flexibility index (Phi) is 7.00. The topological polar surface area (TPSA) is 76.7 Å². The summed E-state index contributed by atoms with van der Waals surface area (Å²) in [6.45, 7) is -0.0793. The smallest absolute Gasteiger partial charge is 0.418 e. The van der Waals surface area contributed by atoms with Gasteiger partial charge in [0, 0.05) is 19.2 Å². The highest BCUT2D eigenvalue weighted by atomic mass is 19.4. The molecule has 2 N–H and O–H groups in total. The molecule has 0 spiro atoms. The van der Waals surface area contributed by atoms with Crippen molar-refractivity contribution in [2.24, 2.45) is 0 Å². The number of anilines is 1. The van der Waals surface area contributed by atoms with E-state index in [1.807, 2.05) is 5.32 Å². The molecule has 0 aliphatic carbocycles. The van der Waals surface area contributed by atoms with Gasteiger partial charge in [-0.05, 0) is 18.2 Å². The SMILES string of the molecule is COc1ccccc1C(CNC(=O)C(=O)Nc1ccccc1C(F)(F)F)OC. The molecule has 0 heterocycles. The van der Waals surface area contributed by atoms with E-state index in [1.165, 1.54) is 26.4 Å². The Morgan fingerprint density at radius 3 is 2.29 bits per heavy atom. The average Bonchev–Trinajstić information content (AvgIpc) is 2.68. The van der Waals surface area contributed by atoms with Crippen LogP contribution in [0, 0.1) is 0 Å². The molecule has 2 aromatic carbocycles. The molecule has 0 radical (unpaired) electrons. The van der Waals surface area contributed by atoms with E-state index in [2.05, 4.69) is 5.32 Å². The van der Waals surface area contributed by atoms with Gasteiger partial charge in [0.05, 0.1) is 18.4 Å². The summed E-state index contributed by atoms with van der Waals surface area (Å²) in [5.74, 6) is -1.77. The lowest BCUT2D eigenvalue weighted by atomic mass is 10.1. The fourth-order valence-electron chi connectivity index (χ4n) is 2.54. The Morgan fingerprint density at radius 2 is 1.64 bits per heavy atom. The van der Waals surface area contributed by atoms with Crippen LogP contribution in [0.15, 0.2) is 48.5 Å². The third kappa shape index (κ3) is 5.23. The number of amides is 2. The number of halogens is 3. The van der Waals surface area contributed by atoms with Crippen LogP contribution >= 0.6 is 0 Å². The van der Waals surface area contributed by atoms with Gasteiger partial charge in [-0.25, -0.2) is 0 Å². The first-order valence-corrected chi connectivity index (χ1v) is 8.19. The minimum Gasteiger partial charge on any atom is -0.496 e. The number of carbonyl (C=O) groups excluding carboxylic acids is 2. The predicted molar refractivity (Wildman–Crippen MR) is 95.8 cm³/mol. The normalized spacial score (nSPS) is 12.2.